The lowest BCUT2D eigenvalue weighted by molar-refractivity contribution is 0.602. The maximum atomic E-state index is 11.5. The van der Waals surface area contributed by atoms with Crippen molar-refractivity contribution in [3.8, 4) is 11.1 Å². The molecule has 0 bridgehead atoms. The smallest absolute Gasteiger partial charge is 0.175 e. The zero-order chi connectivity index (χ0) is 15.3. The lowest BCUT2D eigenvalue weighted by Gasteiger charge is -2.07. The fourth-order valence-electron chi connectivity index (χ4n) is 2.07. The fourth-order valence-corrected chi connectivity index (χ4v) is 2.70. The largest absolute Gasteiger partial charge is 0.309 e. The Hall–Kier alpha value is -1.91. The summed E-state index contributed by atoms with van der Waals surface area (Å²) in [6, 6.07) is 15.2. The fraction of sp³-hybridized carbons (Fsp3) is 0.176. The van der Waals surface area contributed by atoms with Crippen molar-refractivity contribution in [3.05, 3.63) is 66.7 Å². The molecule has 1 N–H and O–H groups in total. The van der Waals surface area contributed by atoms with Crippen molar-refractivity contribution in [3.63, 3.8) is 0 Å². The zero-order valence-electron chi connectivity index (χ0n) is 12.0. The van der Waals surface area contributed by atoms with Crippen molar-refractivity contribution in [2.24, 2.45) is 0 Å². The summed E-state index contributed by atoms with van der Waals surface area (Å²) >= 11 is 0. The zero-order valence-corrected chi connectivity index (χ0v) is 12.9. The molecule has 0 radical (unpaired) electrons. The summed E-state index contributed by atoms with van der Waals surface area (Å²) in [5.41, 5.74) is 3.27. The van der Waals surface area contributed by atoms with Crippen LogP contribution in [0.5, 0.6) is 0 Å². The second kappa shape index (κ2) is 6.70. The van der Waals surface area contributed by atoms with E-state index in [1.54, 1.807) is 12.1 Å². The first-order chi connectivity index (χ1) is 10.0. The van der Waals surface area contributed by atoms with Crippen molar-refractivity contribution < 1.29 is 8.42 Å². The van der Waals surface area contributed by atoms with Gasteiger partial charge >= 0.3 is 0 Å². The predicted octanol–water partition coefficient (Wildman–Crippen LogP) is 3.03. The van der Waals surface area contributed by atoms with Gasteiger partial charge < -0.3 is 5.32 Å². The van der Waals surface area contributed by atoms with Gasteiger partial charge in [-0.2, -0.15) is 0 Å². The Labute approximate surface area is 126 Å². The molecule has 0 saturated heterocycles. The maximum Gasteiger partial charge on any atom is 0.175 e. The Kier molecular flexibility index (Phi) is 4.94. The van der Waals surface area contributed by atoms with Gasteiger partial charge in [0.05, 0.1) is 4.90 Å². The van der Waals surface area contributed by atoms with Gasteiger partial charge in [-0.25, -0.2) is 8.42 Å². The van der Waals surface area contributed by atoms with Crippen LogP contribution in [0.2, 0.25) is 0 Å². The van der Waals surface area contributed by atoms with Crippen LogP contribution in [0, 0.1) is 0 Å². The van der Waals surface area contributed by atoms with E-state index in [2.05, 4.69) is 24.0 Å². The van der Waals surface area contributed by atoms with E-state index < -0.39 is 9.84 Å². The van der Waals surface area contributed by atoms with Gasteiger partial charge in [0, 0.05) is 19.3 Å². The number of hydrogen-bond donors (Lipinski definition) is 1. The molecule has 0 amide bonds. The molecule has 0 saturated carbocycles. The summed E-state index contributed by atoms with van der Waals surface area (Å²) in [4.78, 5) is 0.343. The standard InChI is InChI=1S/C17H19NO2S/c1-3-11-18-13-14-5-4-6-16(12-14)15-7-9-17(10-8-15)21(2,19)20/h3-10,12,18H,1,11,13H2,2H3. The van der Waals surface area contributed by atoms with Gasteiger partial charge in [-0.15, -0.1) is 6.58 Å². The second-order valence-electron chi connectivity index (χ2n) is 4.92. The quantitative estimate of drug-likeness (QED) is 0.659. The highest BCUT2D eigenvalue weighted by Gasteiger charge is 2.07. The van der Waals surface area contributed by atoms with Gasteiger partial charge in [0.2, 0.25) is 0 Å². The van der Waals surface area contributed by atoms with E-state index in [1.807, 2.05) is 30.3 Å². The van der Waals surface area contributed by atoms with Crippen molar-refractivity contribution in [1.82, 2.24) is 5.32 Å². The van der Waals surface area contributed by atoms with Gasteiger partial charge in [-0.1, -0.05) is 36.4 Å². The summed E-state index contributed by atoms with van der Waals surface area (Å²) in [5.74, 6) is 0. The van der Waals surface area contributed by atoms with Crippen LogP contribution in [0.25, 0.3) is 11.1 Å². The van der Waals surface area contributed by atoms with Gasteiger partial charge in [0.1, 0.15) is 0 Å². The summed E-state index contributed by atoms with van der Waals surface area (Å²) in [6.45, 7) is 5.22. The molecule has 4 heteroatoms. The maximum absolute atomic E-state index is 11.5. The van der Waals surface area contributed by atoms with Crippen LogP contribution < -0.4 is 5.32 Å². The molecule has 0 fully saturated rings. The molecule has 2 rings (SSSR count). The van der Waals surface area contributed by atoms with Gasteiger partial charge in [0.15, 0.2) is 9.84 Å². The summed E-state index contributed by atoms with van der Waals surface area (Å²) in [6.07, 6.45) is 3.04. The van der Waals surface area contributed by atoms with E-state index in [4.69, 9.17) is 0 Å². The average molecular weight is 301 g/mol. The molecule has 2 aromatic rings. The topological polar surface area (TPSA) is 46.2 Å². The SMILES string of the molecule is C=CCNCc1cccc(-c2ccc(S(C)(=O)=O)cc2)c1. The molecule has 0 aliphatic rings. The molecule has 0 aliphatic heterocycles. The lowest BCUT2D eigenvalue weighted by Crippen LogP contribution is -2.12. The van der Waals surface area contributed by atoms with E-state index in [1.165, 1.54) is 11.8 Å². The predicted molar refractivity (Wildman–Crippen MR) is 86.9 cm³/mol. The lowest BCUT2D eigenvalue weighted by atomic mass is 10.0. The van der Waals surface area contributed by atoms with Crippen LogP contribution in [-0.4, -0.2) is 21.2 Å². The van der Waals surface area contributed by atoms with Gasteiger partial charge in [0.25, 0.3) is 0 Å². The Morgan fingerprint density at radius 2 is 1.81 bits per heavy atom. The minimum absolute atomic E-state index is 0.343. The first kappa shape index (κ1) is 15.5. The van der Waals surface area contributed by atoms with Crippen molar-refractivity contribution in [1.29, 1.82) is 0 Å². The van der Waals surface area contributed by atoms with Gasteiger partial charge in [-0.05, 0) is 34.9 Å². The van der Waals surface area contributed by atoms with Crippen LogP contribution in [0.4, 0.5) is 0 Å². The summed E-state index contributed by atoms with van der Waals surface area (Å²) in [7, 11) is -3.14. The molecule has 0 aliphatic carbocycles. The molecule has 0 atom stereocenters. The molecule has 2 aromatic carbocycles. The molecule has 0 unspecified atom stereocenters. The Morgan fingerprint density at radius 1 is 1.10 bits per heavy atom. The first-order valence-electron chi connectivity index (χ1n) is 6.72. The van der Waals surface area contributed by atoms with Crippen LogP contribution in [0.15, 0.2) is 66.1 Å². The first-order valence-corrected chi connectivity index (χ1v) is 8.61. The molecule has 21 heavy (non-hydrogen) atoms. The summed E-state index contributed by atoms with van der Waals surface area (Å²) in [5, 5.41) is 3.26. The van der Waals surface area contributed by atoms with E-state index in [0.717, 1.165) is 24.2 Å². The van der Waals surface area contributed by atoms with Crippen LogP contribution in [0.1, 0.15) is 5.56 Å². The van der Waals surface area contributed by atoms with E-state index in [0.29, 0.717) is 4.90 Å². The van der Waals surface area contributed by atoms with Crippen molar-refractivity contribution in [2.75, 3.05) is 12.8 Å². The van der Waals surface area contributed by atoms with E-state index in [9.17, 15) is 8.42 Å². The normalized spacial score (nSPS) is 11.3. The van der Waals surface area contributed by atoms with E-state index in [-0.39, 0.29) is 0 Å². The van der Waals surface area contributed by atoms with Crippen LogP contribution >= 0.6 is 0 Å². The Balaban J connectivity index is 2.21. The number of rotatable bonds is 6. The highest BCUT2D eigenvalue weighted by Crippen LogP contribution is 2.22. The van der Waals surface area contributed by atoms with Gasteiger partial charge in [-0.3, -0.25) is 0 Å². The monoisotopic (exact) mass is 301 g/mol. The summed E-state index contributed by atoms with van der Waals surface area (Å²) < 4.78 is 22.9. The third-order valence-electron chi connectivity index (χ3n) is 3.16. The van der Waals surface area contributed by atoms with Crippen molar-refractivity contribution in [2.45, 2.75) is 11.4 Å². The second-order valence-corrected chi connectivity index (χ2v) is 6.93. The Morgan fingerprint density at radius 3 is 2.43 bits per heavy atom. The number of benzene rings is 2. The molecule has 0 heterocycles. The third-order valence-corrected chi connectivity index (χ3v) is 4.29. The molecule has 3 nitrogen and oxygen atoms in total. The third kappa shape index (κ3) is 4.28. The molecular weight excluding hydrogens is 282 g/mol. The van der Waals surface area contributed by atoms with Crippen molar-refractivity contribution >= 4 is 9.84 Å². The van der Waals surface area contributed by atoms with Crippen LogP contribution in [0.3, 0.4) is 0 Å². The minimum atomic E-state index is -3.14. The highest BCUT2D eigenvalue weighted by atomic mass is 32.2. The molecule has 0 spiro atoms. The molecule has 0 aromatic heterocycles. The molecule has 110 valence electrons. The number of sulfone groups is 1. The van der Waals surface area contributed by atoms with Crippen LogP contribution in [-0.2, 0) is 16.4 Å². The Bertz CT molecular complexity index is 719. The average Bonchev–Trinajstić information content (AvgIpc) is 2.47. The number of hydrogen-bond acceptors (Lipinski definition) is 3. The molecular formula is C17H19NO2S. The highest BCUT2D eigenvalue weighted by molar-refractivity contribution is 7.90. The number of nitrogens with one attached hydrogen (secondary N) is 1. The minimum Gasteiger partial charge on any atom is -0.309 e. The van der Waals surface area contributed by atoms with E-state index >= 15 is 0 Å².